The summed E-state index contributed by atoms with van der Waals surface area (Å²) in [4.78, 5) is 37.8. The van der Waals surface area contributed by atoms with Crippen molar-refractivity contribution in [1.29, 1.82) is 0 Å². The highest BCUT2D eigenvalue weighted by Crippen LogP contribution is 2.14. The number of piperidine rings is 1. The third-order valence-electron chi connectivity index (χ3n) is 4.33. The molecule has 128 valence electrons. The van der Waals surface area contributed by atoms with Crippen molar-refractivity contribution < 1.29 is 9.90 Å². The first-order valence-corrected chi connectivity index (χ1v) is 7.82. The molecule has 0 radical (unpaired) electrons. The van der Waals surface area contributed by atoms with Gasteiger partial charge in [-0.1, -0.05) is 0 Å². The van der Waals surface area contributed by atoms with Gasteiger partial charge >= 0.3 is 5.69 Å². The summed E-state index contributed by atoms with van der Waals surface area (Å²) in [6.45, 7) is 3.09. The number of aliphatic hydroxyl groups excluding tert-OH is 1. The van der Waals surface area contributed by atoms with E-state index in [2.05, 4.69) is 10.2 Å². The third kappa shape index (κ3) is 4.08. The van der Waals surface area contributed by atoms with Crippen molar-refractivity contribution >= 4 is 5.91 Å². The van der Waals surface area contributed by atoms with E-state index in [1.165, 1.54) is 24.7 Å². The van der Waals surface area contributed by atoms with Gasteiger partial charge in [-0.15, -0.1) is 0 Å². The molecular weight excluding hydrogens is 300 g/mol. The molecule has 0 saturated carbocycles. The molecular formula is C15H24N4O4. The fourth-order valence-electron chi connectivity index (χ4n) is 2.87. The molecule has 2 heterocycles. The normalized spacial score (nSPS) is 18.8. The van der Waals surface area contributed by atoms with E-state index in [4.69, 9.17) is 0 Å². The number of hydrogen-bond acceptors (Lipinski definition) is 5. The van der Waals surface area contributed by atoms with Gasteiger partial charge in [0.05, 0.1) is 0 Å². The van der Waals surface area contributed by atoms with E-state index in [0.717, 1.165) is 30.5 Å². The van der Waals surface area contributed by atoms with Crippen molar-refractivity contribution in [2.24, 2.45) is 20.0 Å². The summed E-state index contributed by atoms with van der Waals surface area (Å²) in [5, 5.41) is 12.0. The first-order valence-electron chi connectivity index (χ1n) is 7.82. The summed E-state index contributed by atoms with van der Waals surface area (Å²) in [5.41, 5.74) is -0.963. The van der Waals surface area contributed by atoms with E-state index in [1.54, 1.807) is 0 Å². The summed E-state index contributed by atoms with van der Waals surface area (Å²) in [5.74, 6) is -0.129. The maximum absolute atomic E-state index is 12.2. The van der Waals surface area contributed by atoms with Crippen LogP contribution in [0.2, 0.25) is 0 Å². The van der Waals surface area contributed by atoms with Gasteiger partial charge in [0.2, 0.25) is 0 Å². The Bertz CT molecular complexity index is 679. The second kappa shape index (κ2) is 7.56. The van der Waals surface area contributed by atoms with E-state index in [9.17, 15) is 19.5 Å². The van der Waals surface area contributed by atoms with Crippen LogP contribution in [0.5, 0.6) is 0 Å². The quantitative estimate of drug-likeness (QED) is 0.688. The molecule has 1 fully saturated rings. The lowest BCUT2D eigenvalue weighted by atomic mass is 9.99. The minimum Gasteiger partial charge on any atom is -0.396 e. The number of hydrogen-bond donors (Lipinski definition) is 2. The van der Waals surface area contributed by atoms with Crippen LogP contribution in [-0.4, -0.2) is 57.8 Å². The van der Waals surface area contributed by atoms with Crippen molar-refractivity contribution in [3.8, 4) is 0 Å². The Kier molecular flexibility index (Phi) is 5.73. The highest BCUT2D eigenvalue weighted by atomic mass is 16.3. The molecule has 0 aliphatic carbocycles. The molecule has 8 nitrogen and oxygen atoms in total. The molecule has 1 unspecified atom stereocenters. The van der Waals surface area contributed by atoms with Crippen LogP contribution in [-0.2, 0) is 14.1 Å². The molecule has 2 N–H and O–H groups in total. The number of rotatable bonds is 5. The van der Waals surface area contributed by atoms with Gasteiger partial charge in [0, 0.05) is 46.4 Å². The Morgan fingerprint density at radius 3 is 2.78 bits per heavy atom. The highest BCUT2D eigenvalue weighted by molar-refractivity contribution is 5.92. The van der Waals surface area contributed by atoms with Gasteiger partial charge in [-0.25, -0.2) is 4.79 Å². The average molecular weight is 324 g/mol. The van der Waals surface area contributed by atoms with Gasteiger partial charge in [0.15, 0.2) is 0 Å². The van der Waals surface area contributed by atoms with Crippen LogP contribution in [0.1, 0.15) is 23.3 Å². The summed E-state index contributed by atoms with van der Waals surface area (Å²) in [7, 11) is 2.84. The minimum absolute atomic E-state index is 0.0602. The topological polar surface area (TPSA) is 96.6 Å². The summed E-state index contributed by atoms with van der Waals surface area (Å²) >= 11 is 0. The maximum atomic E-state index is 12.2. The molecule has 1 aromatic heterocycles. The molecule has 1 aliphatic rings. The van der Waals surface area contributed by atoms with Crippen LogP contribution in [0.15, 0.2) is 15.7 Å². The molecule has 0 bridgehead atoms. The zero-order valence-corrected chi connectivity index (χ0v) is 13.6. The zero-order chi connectivity index (χ0) is 17.0. The van der Waals surface area contributed by atoms with E-state index in [0.29, 0.717) is 19.0 Å². The average Bonchev–Trinajstić information content (AvgIpc) is 2.56. The lowest BCUT2D eigenvalue weighted by Crippen LogP contribution is -2.44. The molecule has 1 aromatic rings. The number of amides is 1. The van der Waals surface area contributed by atoms with Crippen LogP contribution in [0.25, 0.3) is 0 Å². The molecule has 8 heteroatoms. The Balaban J connectivity index is 1.93. The SMILES string of the molecule is Cn1c(C(=O)NCCN2CCCC(CO)C2)cc(=O)n(C)c1=O. The smallest absolute Gasteiger partial charge is 0.331 e. The van der Waals surface area contributed by atoms with Crippen LogP contribution in [0.3, 0.4) is 0 Å². The molecule has 1 amide bonds. The summed E-state index contributed by atoms with van der Waals surface area (Å²) in [6, 6.07) is 1.17. The molecule has 2 rings (SSSR count). The highest BCUT2D eigenvalue weighted by Gasteiger charge is 2.19. The number of likely N-dealkylation sites (tertiary alicyclic amines) is 1. The molecule has 0 spiro atoms. The Labute approximate surface area is 134 Å². The summed E-state index contributed by atoms with van der Waals surface area (Å²) in [6.07, 6.45) is 2.08. The zero-order valence-electron chi connectivity index (χ0n) is 13.6. The van der Waals surface area contributed by atoms with Crippen LogP contribution < -0.4 is 16.6 Å². The predicted octanol–water partition coefficient (Wildman–Crippen LogP) is -1.48. The second-order valence-corrected chi connectivity index (χ2v) is 6.02. The Hall–Kier alpha value is -1.93. The molecule has 1 aliphatic heterocycles. The van der Waals surface area contributed by atoms with E-state index >= 15 is 0 Å². The standard InChI is InChI=1S/C15H24N4O4/c1-17-12(8-13(21)18(2)15(17)23)14(22)16-5-7-19-6-3-4-11(9-19)10-20/h8,11,20H,3-7,9-10H2,1-2H3,(H,16,22). The van der Waals surface area contributed by atoms with Crippen molar-refractivity contribution in [1.82, 2.24) is 19.4 Å². The Morgan fingerprint density at radius 1 is 1.35 bits per heavy atom. The maximum Gasteiger partial charge on any atom is 0.331 e. The first-order chi connectivity index (χ1) is 10.9. The van der Waals surface area contributed by atoms with E-state index < -0.39 is 17.2 Å². The number of aromatic nitrogens is 2. The fourth-order valence-corrected chi connectivity index (χ4v) is 2.87. The van der Waals surface area contributed by atoms with Crippen LogP contribution >= 0.6 is 0 Å². The second-order valence-electron chi connectivity index (χ2n) is 6.02. The minimum atomic E-state index is -0.524. The van der Waals surface area contributed by atoms with Crippen LogP contribution in [0.4, 0.5) is 0 Å². The summed E-state index contributed by atoms with van der Waals surface area (Å²) < 4.78 is 2.12. The number of carbonyl (C=O) groups excluding carboxylic acids is 1. The monoisotopic (exact) mass is 324 g/mol. The Morgan fingerprint density at radius 2 is 2.09 bits per heavy atom. The molecule has 1 atom stereocenters. The predicted molar refractivity (Wildman–Crippen MR) is 85.5 cm³/mol. The number of carbonyl (C=O) groups is 1. The molecule has 23 heavy (non-hydrogen) atoms. The largest absolute Gasteiger partial charge is 0.396 e. The van der Waals surface area contributed by atoms with Crippen molar-refractivity contribution in [3.63, 3.8) is 0 Å². The first kappa shape index (κ1) is 17.4. The lowest BCUT2D eigenvalue weighted by molar-refractivity contribution is 0.0921. The van der Waals surface area contributed by atoms with Crippen molar-refractivity contribution in [3.05, 3.63) is 32.6 Å². The number of nitrogens with zero attached hydrogens (tertiary/aromatic N) is 3. The van der Waals surface area contributed by atoms with Crippen molar-refractivity contribution in [2.45, 2.75) is 12.8 Å². The van der Waals surface area contributed by atoms with Crippen LogP contribution in [0, 0.1) is 5.92 Å². The molecule has 1 saturated heterocycles. The lowest BCUT2D eigenvalue weighted by Gasteiger charge is -2.31. The van der Waals surface area contributed by atoms with Gasteiger partial charge < -0.3 is 15.3 Å². The third-order valence-corrected chi connectivity index (χ3v) is 4.33. The van der Waals surface area contributed by atoms with Gasteiger partial charge in [-0.2, -0.15) is 0 Å². The molecule has 0 aromatic carbocycles. The number of aliphatic hydroxyl groups is 1. The van der Waals surface area contributed by atoms with Gasteiger partial charge in [-0.3, -0.25) is 18.7 Å². The van der Waals surface area contributed by atoms with Crippen molar-refractivity contribution in [2.75, 3.05) is 32.8 Å². The van der Waals surface area contributed by atoms with Gasteiger partial charge in [-0.05, 0) is 25.3 Å². The number of nitrogens with one attached hydrogen (secondary N) is 1. The fraction of sp³-hybridized carbons (Fsp3) is 0.667. The van der Waals surface area contributed by atoms with E-state index in [-0.39, 0.29) is 12.3 Å². The van der Waals surface area contributed by atoms with Gasteiger partial charge in [0.1, 0.15) is 5.69 Å². The van der Waals surface area contributed by atoms with E-state index in [1.807, 2.05) is 0 Å². The van der Waals surface area contributed by atoms with Gasteiger partial charge in [0.25, 0.3) is 11.5 Å².